The molecule has 1 aliphatic heterocycles. The van der Waals surface area contributed by atoms with Gasteiger partial charge in [-0.15, -0.1) is 5.10 Å². The van der Waals surface area contributed by atoms with E-state index in [4.69, 9.17) is 19.6 Å². The van der Waals surface area contributed by atoms with Crippen LogP contribution < -0.4 is 15.4 Å². The molecule has 1 saturated heterocycles. The van der Waals surface area contributed by atoms with Gasteiger partial charge in [0.2, 0.25) is 5.88 Å². The van der Waals surface area contributed by atoms with Gasteiger partial charge in [-0.05, 0) is 45.0 Å². The summed E-state index contributed by atoms with van der Waals surface area (Å²) in [6.45, 7) is 8.90. The predicted octanol–water partition coefficient (Wildman–Crippen LogP) is 3.48. The smallest absolute Gasteiger partial charge is 0.231 e. The molecule has 0 radical (unpaired) electrons. The molecule has 1 aliphatic rings. The Morgan fingerprint density at radius 1 is 1.26 bits per heavy atom. The summed E-state index contributed by atoms with van der Waals surface area (Å²) < 4.78 is 19.5. The SMILES string of the molecule is C[C@@H](N)COc1ccc2ncc(-c3cc4c(N5CCOC(C)(C)C5)cccc4o3)n2n1. The van der Waals surface area contributed by atoms with Gasteiger partial charge < -0.3 is 24.5 Å². The van der Waals surface area contributed by atoms with Crippen molar-refractivity contribution in [3.8, 4) is 17.3 Å². The highest BCUT2D eigenvalue weighted by Gasteiger charge is 2.28. The first kappa shape index (κ1) is 19.8. The molecule has 0 spiro atoms. The first-order valence-corrected chi connectivity index (χ1v) is 10.5. The maximum Gasteiger partial charge on any atom is 0.231 e. The number of nitrogens with zero attached hydrogens (tertiary/aromatic N) is 4. The Labute approximate surface area is 180 Å². The van der Waals surface area contributed by atoms with Gasteiger partial charge in [0.15, 0.2) is 11.4 Å². The number of hydrogen-bond donors (Lipinski definition) is 1. The number of hydrogen-bond acceptors (Lipinski definition) is 7. The lowest BCUT2D eigenvalue weighted by Crippen LogP contribution is -2.48. The number of benzene rings is 1. The molecule has 1 aromatic carbocycles. The summed E-state index contributed by atoms with van der Waals surface area (Å²) in [6, 6.07) is 11.8. The van der Waals surface area contributed by atoms with Crippen molar-refractivity contribution in [1.29, 1.82) is 0 Å². The number of furan rings is 1. The molecule has 0 bridgehead atoms. The molecule has 5 rings (SSSR count). The molecule has 0 saturated carbocycles. The van der Waals surface area contributed by atoms with Crippen LogP contribution in [0.5, 0.6) is 5.88 Å². The first-order valence-electron chi connectivity index (χ1n) is 10.5. The third kappa shape index (κ3) is 3.84. The van der Waals surface area contributed by atoms with E-state index in [1.54, 1.807) is 16.8 Å². The van der Waals surface area contributed by atoms with Gasteiger partial charge in [0.1, 0.15) is 17.9 Å². The van der Waals surface area contributed by atoms with Crippen LogP contribution >= 0.6 is 0 Å². The minimum Gasteiger partial charge on any atom is -0.475 e. The zero-order valence-corrected chi connectivity index (χ0v) is 18.0. The largest absolute Gasteiger partial charge is 0.475 e. The Kier molecular flexibility index (Phi) is 4.83. The summed E-state index contributed by atoms with van der Waals surface area (Å²) in [4.78, 5) is 6.83. The Hall–Kier alpha value is -3.10. The number of aromatic nitrogens is 3. The average molecular weight is 422 g/mol. The van der Waals surface area contributed by atoms with E-state index >= 15 is 0 Å². The van der Waals surface area contributed by atoms with Gasteiger partial charge >= 0.3 is 0 Å². The number of morpholine rings is 1. The molecular weight excluding hydrogens is 394 g/mol. The van der Waals surface area contributed by atoms with Gasteiger partial charge in [0, 0.05) is 36.3 Å². The van der Waals surface area contributed by atoms with E-state index < -0.39 is 0 Å². The van der Waals surface area contributed by atoms with Crippen LogP contribution in [-0.2, 0) is 4.74 Å². The van der Waals surface area contributed by atoms with E-state index in [9.17, 15) is 0 Å². The highest BCUT2D eigenvalue weighted by atomic mass is 16.5. The molecular formula is C23H27N5O3. The summed E-state index contributed by atoms with van der Waals surface area (Å²) in [7, 11) is 0. The third-order valence-electron chi connectivity index (χ3n) is 5.39. The monoisotopic (exact) mass is 421 g/mol. The molecule has 1 atom stereocenters. The molecule has 2 N–H and O–H groups in total. The summed E-state index contributed by atoms with van der Waals surface area (Å²) in [5, 5.41) is 5.64. The molecule has 0 unspecified atom stereocenters. The summed E-state index contributed by atoms with van der Waals surface area (Å²) in [6.07, 6.45) is 1.77. The molecule has 3 aromatic heterocycles. The molecule has 1 fully saturated rings. The van der Waals surface area contributed by atoms with Crippen LogP contribution in [-0.4, -0.2) is 52.5 Å². The number of imidazole rings is 1. The summed E-state index contributed by atoms with van der Waals surface area (Å²) in [5.74, 6) is 1.20. The number of rotatable bonds is 5. The first-order chi connectivity index (χ1) is 14.9. The second-order valence-electron chi connectivity index (χ2n) is 8.70. The van der Waals surface area contributed by atoms with Crippen molar-refractivity contribution in [3.63, 3.8) is 0 Å². The van der Waals surface area contributed by atoms with Gasteiger partial charge in [-0.1, -0.05) is 6.07 Å². The van der Waals surface area contributed by atoms with Crippen molar-refractivity contribution < 1.29 is 13.9 Å². The van der Waals surface area contributed by atoms with Crippen molar-refractivity contribution in [3.05, 3.63) is 42.6 Å². The van der Waals surface area contributed by atoms with E-state index in [0.717, 1.165) is 41.1 Å². The Bertz CT molecular complexity index is 1230. The van der Waals surface area contributed by atoms with Crippen LogP contribution in [0.15, 0.2) is 47.0 Å². The number of nitrogens with two attached hydrogens (primary N) is 1. The maximum atomic E-state index is 6.22. The zero-order valence-electron chi connectivity index (χ0n) is 18.0. The van der Waals surface area contributed by atoms with Gasteiger partial charge in [0.25, 0.3) is 0 Å². The minimum absolute atomic E-state index is 0.0706. The van der Waals surface area contributed by atoms with Gasteiger partial charge in [-0.3, -0.25) is 0 Å². The Morgan fingerprint density at radius 2 is 2.13 bits per heavy atom. The van der Waals surface area contributed by atoms with Crippen molar-refractivity contribution in [2.75, 3.05) is 31.2 Å². The highest BCUT2D eigenvalue weighted by Crippen LogP contribution is 2.35. The van der Waals surface area contributed by atoms with E-state index in [1.165, 1.54) is 0 Å². The van der Waals surface area contributed by atoms with Crippen LogP contribution in [0.3, 0.4) is 0 Å². The van der Waals surface area contributed by atoms with Gasteiger partial charge in [0.05, 0.1) is 18.4 Å². The molecule has 8 nitrogen and oxygen atoms in total. The molecule has 0 amide bonds. The molecule has 8 heteroatoms. The van der Waals surface area contributed by atoms with Crippen LogP contribution in [0.25, 0.3) is 28.1 Å². The standard InChI is InChI=1S/C23H27N5O3/c1-15(24)13-29-22-8-7-21-25-12-18(28(21)26-22)20-11-16-17(5-4-6-19(16)31-20)27-9-10-30-23(2,3)14-27/h4-8,11-12,15H,9-10,13-14,24H2,1-3H3/t15-/m1/s1. The normalized spacial score (nSPS) is 17.4. The average Bonchev–Trinajstić information content (AvgIpc) is 3.34. The third-order valence-corrected chi connectivity index (χ3v) is 5.39. The number of anilines is 1. The van der Waals surface area contributed by atoms with E-state index in [0.29, 0.717) is 24.9 Å². The molecule has 31 heavy (non-hydrogen) atoms. The quantitative estimate of drug-likeness (QED) is 0.527. The van der Waals surface area contributed by atoms with Crippen molar-refractivity contribution in [1.82, 2.24) is 14.6 Å². The lowest BCUT2D eigenvalue weighted by atomic mass is 10.1. The van der Waals surface area contributed by atoms with Crippen molar-refractivity contribution >= 4 is 22.3 Å². The number of fused-ring (bicyclic) bond motifs is 2. The van der Waals surface area contributed by atoms with Crippen molar-refractivity contribution in [2.45, 2.75) is 32.4 Å². The van der Waals surface area contributed by atoms with Gasteiger partial charge in [-0.2, -0.15) is 0 Å². The highest BCUT2D eigenvalue weighted by molar-refractivity contribution is 5.94. The second-order valence-corrected chi connectivity index (χ2v) is 8.70. The predicted molar refractivity (Wildman–Crippen MR) is 120 cm³/mol. The molecule has 4 aromatic rings. The Morgan fingerprint density at radius 3 is 2.94 bits per heavy atom. The lowest BCUT2D eigenvalue weighted by molar-refractivity contribution is -0.0276. The van der Waals surface area contributed by atoms with E-state index in [1.807, 2.05) is 25.1 Å². The zero-order chi connectivity index (χ0) is 21.6. The van der Waals surface area contributed by atoms with E-state index in [2.05, 4.69) is 41.0 Å². The maximum absolute atomic E-state index is 6.22. The van der Waals surface area contributed by atoms with Crippen LogP contribution in [0.4, 0.5) is 5.69 Å². The molecule has 162 valence electrons. The second kappa shape index (κ2) is 7.55. The van der Waals surface area contributed by atoms with Crippen molar-refractivity contribution in [2.24, 2.45) is 5.73 Å². The fraction of sp³-hybridized carbons (Fsp3) is 0.391. The summed E-state index contributed by atoms with van der Waals surface area (Å²) >= 11 is 0. The van der Waals surface area contributed by atoms with Crippen LogP contribution in [0.1, 0.15) is 20.8 Å². The Balaban J connectivity index is 1.54. The molecule has 0 aliphatic carbocycles. The van der Waals surface area contributed by atoms with E-state index in [-0.39, 0.29) is 11.6 Å². The lowest BCUT2D eigenvalue weighted by Gasteiger charge is -2.39. The van der Waals surface area contributed by atoms with Crippen LogP contribution in [0.2, 0.25) is 0 Å². The van der Waals surface area contributed by atoms with Gasteiger partial charge in [-0.25, -0.2) is 9.50 Å². The number of ether oxygens (including phenoxy) is 2. The fourth-order valence-electron chi connectivity index (χ4n) is 3.99. The fourth-order valence-corrected chi connectivity index (χ4v) is 3.99. The van der Waals surface area contributed by atoms with Crippen LogP contribution in [0, 0.1) is 0 Å². The topological polar surface area (TPSA) is 91.0 Å². The molecule has 4 heterocycles. The minimum atomic E-state index is -0.185. The summed E-state index contributed by atoms with van der Waals surface area (Å²) in [5.41, 5.74) is 9.07.